The SMILES string of the molecule is C=Nc1nc(C(=O)O)nc(N[C@H](C)C2CCC2)c1N(CN/C(C)=C\C(=N)c1ccccc1)Cc1ccc(C(F)(F)F)cc1. The Balaban J connectivity index is 1.72. The van der Waals surface area contributed by atoms with E-state index in [0.717, 1.165) is 37.0 Å². The Morgan fingerprint density at radius 3 is 2.42 bits per heavy atom. The number of nitrogens with zero attached hydrogens (tertiary/aromatic N) is 4. The molecule has 2 aromatic carbocycles. The van der Waals surface area contributed by atoms with Crippen molar-refractivity contribution in [1.82, 2.24) is 15.3 Å². The summed E-state index contributed by atoms with van der Waals surface area (Å²) in [6.45, 7) is 7.61. The summed E-state index contributed by atoms with van der Waals surface area (Å²) in [5, 5.41) is 24.7. The van der Waals surface area contributed by atoms with Crippen molar-refractivity contribution in [2.24, 2.45) is 10.9 Å². The van der Waals surface area contributed by atoms with Crippen molar-refractivity contribution in [3.8, 4) is 0 Å². The highest BCUT2D eigenvalue weighted by molar-refractivity contribution is 6.06. The molecule has 9 nitrogen and oxygen atoms in total. The molecular formula is C31H34F3N7O2. The fraction of sp³-hybridized carbons (Fsp3) is 0.323. The van der Waals surface area contributed by atoms with E-state index in [4.69, 9.17) is 5.41 Å². The van der Waals surface area contributed by atoms with Crippen LogP contribution >= 0.6 is 0 Å². The zero-order chi connectivity index (χ0) is 31.1. The van der Waals surface area contributed by atoms with Crippen LogP contribution < -0.4 is 15.5 Å². The van der Waals surface area contributed by atoms with Gasteiger partial charge in [-0.3, -0.25) is 0 Å². The number of carboxylic acid groups (broad SMARTS) is 1. The first-order valence-electron chi connectivity index (χ1n) is 13.8. The number of carboxylic acids is 1. The second-order valence-electron chi connectivity index (χ2n) is 10.5. The van der Waals surface area contributed by atoms with E-state index in [1.807, 2.05) is 37.3 Å². The molecule has 1 heterocycles. The highest BCUT2D eigenvalue weighted by Gasteiger charge is 2.31. The van der Waals surface area contributed by atoms with Gasteiger partial charge in [-0.2, -0.15) is 13.2 Å². The third-order valence-electron chi connectivity index (χ3n) is 7.39. The van der Waals surface area contributed by atoms with Crippen molar-refractivity contribution < 1.29 is 23.1 Å². The lowest BCUT2D eigenvalue weighted by atomic mass is 9.80. The molecule has 0 radical (unpaired) electrons. The van der Waals surface area contributed by atoms with Crippen molar-refractivity contribution in [2.45, 2.75) is 51.9 Å². The van der Waals surface area contributed by atoms with Crippen molar-refractivity contribution in [3.63, 3.8) is 0 Å². The van der Waals surface area contributed by atoms with Crippen molar-refractivity contribution in [3.05, 3.63) is 88.9 Å². The van der Waals surface area contributed by atoms with Gasteiger partial charge >= 0.3 is 12.1 Å². The number of carbonyl (C=O) groups is 1. The summed E-state index contributed by atoms with van der Waals surface area (Å²) in [6.07, 6.45) is 0.364. The monoisotopic (exact) mass is 593 g/mol. The Hall–Kier alpha value is -4.74. The maximum absolute atomic E-state index is 13.2. The molecule has 4 rings (SSSR count). The summed E-state index contributed by atoms with van der Waals surface area (Å²) in [6, 6.07) is 14.0. The molecule has 1 aromatic heterocycles. The number of aliphatic imine (C=N–C) groups is 1. The van der Waals surface area contributed by atoms with Gasteiger partial charge in [-0.25, -0.2) is 19.8 Å². The molecule has 0 amide bonds. The summed E-state index contributed by atoms with van der Waals surface area (Å²) in [4.78, 5) is 26.1. The number of alkyl halides is 3. The molecule has 0 aliphatic heterocycles. The summed E-state index contributed by atoms with van der Waals surface area (Å²) in [5.74, 6) is -1.15. The minimum absolute atomic E-state index is 0.0167. The molecule has 43 heavy (non-hydrogen) atoms. The molecule has 1 aliphatic carbocycles. The van der Waals surface area contributed by atoms with Gasteiger partial charge in [0.1, 0.15) is 5.69 Å². The Kier molecular flexibility index (Phi) is 9.79. The average Bonchev–Trinajstić information content (AvgIpc) is 2.94. The maximum atomic E-state index is 13.2. The van der Waals surface area contributed by atoms with Crippen LogP contribution in [0, 0.1) is 11.3 Å². The van der Waals surface area contributed by atoms with E-state index in [-0.39, 0.29) is 30.9 Å². The maximum Gasteiger partial charge on any atom is 0.416 e. The van der Waals surface area contributed by atoms with Gasteiger partial charge in [0.05, 0.1) is 17.9 Å². The minimum Gasteiger partial charge on any atom is -0.475 e. The van der Waals surface area contributed by atoms with Crippen LogP contribution in [0.15, 0.2) is 71.4 Å². The number of halogens is 3. The summed E-state index contributed by atoms with van der Waals surface area (Å²) < 4.78 is 39.7. The molecule has 1 fully saturated rings. The van der Waals surface area contributed by atoms with E-state index in [0.29, 0.717) is 28.6 Å². The lowest BCUT2D eigenvalue weighted by Crippen LogP contribution is -2.36. The van der Waals surface area contributed by atoms with Crippen LogP contribution in [0.1, 0.15) is 60.4 Å². The van der Waals surface area contributed by atoms with Gasteiger partial charge in [0, 0.05) is 18.3 Å². The normalized spacial score (nSPS) is 14.4. The standard InChI is InChI=1S/C31H34F3N7O2/c1-19(16-25(35)23-8-5-4-6-9-23)37-18-41(17-21-12-14-24(15-13-21)31(32,33)34)26-27(36-3)39-29(30(42)43)40-28(26)38-20(2)22-10-7-11-22/h4-6,8-9,12-16,20,22,35,37H,3,7,10-11,17-18H2,1-2H3,(H,42,43)(H,38,39,40)/b19-16-,35-25?/t20-/m1/s1. The second-order valence-corrected chi connectivity index (χ2v) is 10.5. The van der Waals surface area contributed by atoms with Crippen molar-refractivity contribution >= 4 is 35.7 Å². The van der Waals surface area contributed by atoms with Crippen LogP contribution in [-0.2, 0) is 12.7 Å². The molecule has 226 valence electrons. The number of anilines is 2. The molecule has 0 unspecified atom stereocenters. The molecular weight excluding hydrogens is 559 g/mol. The van der Waals surface area contributed by atoms with Crippen LogP contribution in [-0.4, -0.2) is 46.2 Å². The predicted molar refractivity (Wildman–Crippen MR) is 161 cm³/mol. The minimum atomic E-state index is -4.47. The van der Waals surface area contributed by atoms with E-state index in [1.54, 1.807) is 17.9 Å². The van der Waals surface area contributed by atoms with Gasteiger partial charge in [-0.1, -0.05) is 48.9 Å². The number of hydrogen-bond donors (Lipinski definition) is 4. The molecule has 4 N–H and O–H groups in total. The number of benzene rings is 2. The number of nitrogens with one attached hydrogen (secondary N) is 3. The molecule has 1 atom stereocenters. The second kappa shape index (κ2) is 13.5. The Morgan fingerprint density at radius 1 is 1.19 bits per heavy atom. The van der Waals surface area contributed by atoms with Gasteiger partial charge in [0.2, 0.25) is 5.82 Å². The van der Waals surface area contributed by atoms with E-state index < -0.39 is 23.5 Å². The number of hydrogen-bond acceptors (Lipinski definition) is 8. The Bertz CT molecular complexity index is 1490. The average molecular weight is 594 g/mol. The van der Waals surface area contributed by atoms with Gasteiger partial charge in [0.25, 0.3) is 0 Å². The number of aromatic carboxylic acids is 1. The fourth-order valence-corrected chi connectivity index (χ4v) is 4.74. The van der Waals surface area contributed by atoms with Gasteiger partial charge < -0.3 is 26.0 Å². The smallest absolute Gasteiger partial charge is 0.416 e. The number of rotatable bonds is 13. The Morgan fingerprint density at radius 2 is 1.86 bits per heavy atom. The summed E-state index contributed by atoms with van der Waals surface area (Å²) in [5.41, 5.74) is 1.82. The zero-order valence-corrected chi connectivity index (χ0v) is 23.9. The fourth-order valence-electron chi connectivity index (χ4n) is 4.74. The first-order chi connectivity index (χ1) is 20.5. The lowest BCUT2D eigenvalue weighted by molar-refractivity contribution is -0.137. The third-order valence-corrected chi connectivity index (χ3v) is 7.39. The molecule has 1 aliphatic rings. The van der Waals surface area contributed by atoms with Gasteiger partial charge in [-0.15, -0.1) is 0 Å². The quantitative estimate of drug-likeness (QED) is 0.129. The zero-order valence-electron chi connectivity index (χ0n) is 23.9. The third kappa shape index (κ3) is 7.97. The summed E-state index contributed by atoms with van der Waals surface area (Å²) in [7, 11) is 0. The molecule has 1 saturated carbocycles. The first-order valence-corrected chi connectivity index (χ1v) is 13.8. The number of aromatic nitrogens is 2. The molecule has 12 heteroatoms. The van der Waals surface area contributed by atoms with Crippen LogP contribution in [0.25, 0.3) is 0 Å². The highest BCUT2D eigenvalue weighted by atomic mass is 19.4. The molecule has 0 saturated heterocycles. The van der Waals surface area contributed by atoms with Crippen LogP contribution in [0.4, 0.5) is 30.5 Å². The molecule has 0 bridgehead atoms. The molecule has 3 aromatic rings. The Labute approximate surface area is 248 Å². The number of allylic oxidation sites excluding steroid dienone is 2. The summed E-state index contributed by atoms with van der Waals surface area (Å²) >= 11 is 0. The largest absolute Gasteiger partial charge is 0.475 e. The van der Waals surface area contributed by atoms with Gasteiger partial charge in [-0.05, 0) is 68.7 Å². The molecule has 0 spiro atoms. The van der Waals surface area contributed by atoms with Crippen molar-refractivity contribution in [1.29, 1.82) is 5.41 Å². The van der Waals surface area contributed by atoms with E-state index in [2.05, 4.69) is 32.3 Å². The topological polar surface area (TPSA) is 127 Å². The van der Waals surface area contributed by atoms with Gasteiger partial charge in [0.15, 0.2) is 11.6 Å². The highest BCUT2D eigenvalue weighted by Crippen LogP contribution is 2.38. The van der Waals surface area contributed by atoms with Crippen molar-refractivity contribution in [2.75, 3.05) is 16.9 Å². The van der Waals surface area contributed by atoms with E-state index >= 15 is 0 Å². The van der Waals surface area contributed by atoms with Crippen LogP contribution in [0.5, 0.6) is 0 Å². The van der Waals surface area contributed by atoms with E-state index in [9.17, 15) is 23.1 Å². The first kappa shape index (κ1) is 31.2. The van der Waals surface area contributed by atoms with E-state index in [1.165, 1.54) is 12.1 Å². The van der Waals surface area contributed by atoms with Crippen LogP contribution in [0.3, 0.4) is 0 Å². The van der Waals surface area contributed by atoms with Crippen LogP contribution in [0.2, 0.25) is 0 Å². The predicted octanol–water partition coefficient (Wildman–Crippen LogP) is 6.65. The lowest BCUT2D eigenvalue weighted by Gasteiger charge is -2.34.